The number of para-hydroxylation sites is 2. The van der Waals surface area contributed by atoms with Gasteiger partial charge in [-0.05, 0) is 60.7 Å². The second-order valence-electron chi connectivity index (χ2n) is 16.9. The molecule has 14 rings (SSSR count). The van der Waals surface area contributed by atoms with E-state index in [1.54, 1.807) is 0 Å². The monoisotopic (exact) mass is 884 g/mol. The van der Waals surface area contributed by atoms with E-state index in [-0.39, 0.29) is 0 Å². The molecule has 0 saturated heterocycles. The number of furan rings is 2. The molecule has 6 aromatic heterocycles. The molecule has 320 valence electrons. The third-order valence-electron chi connectivity index (χ3n) is 12.6. The van der Waals surface area contributed by atoms with Crippen LogP contribution in [0.15, 0.2) is 192 Å². The van der Waals surface area contributed by atoms with Crippen LogP contribution in [0.2, 0.25) is 0 Å². The van der Waals surface area contributed by atoms with Gasteiger partial charge >= 0.3 is 12.0 Å². The number of nitrogens with zero attached hydrogens (tertiary/aromatic N) is 8. The molecule has 12 nitrogen and oxygen atoms in total. The van der Waals surface area contributed by atoms with E-state index in [1.807, 2.05) is 167 Å². The van der Waals surface area contributed by atoms with Gasteiger partial charge in [0.05, 0.1) is 34.2 Å². The quantitative estimate of drug-likeness (QED) is 0.141. The Labute approximate surface area is 385 Å². The summed E-state index contributed by atoms with van der Waals surface area (Å²) in [5.74, 6) is 3.93. The van der Waals surface area contributed by atoms with Gasteiger partial charge < -0.3 is 18.3 Å². The van der Waals surface area contributed by atoms with Crippen LogP contribution in [-0.4, -0.2) is 63.5 Å². The maximum atomic E-state index is 6.91. The lowest BCUT2D eigenvalue weighted by Crippen LogP contribution is -1.98. The minimum Gasteiger partial charge on any atom is -0.453 e. The van der Waals surface area contributed by atoms with Gasteiger partial charge in [0.25, 0.3) is 12.4 Å². The lowest BCUT2D eigenvalue weighted by molar-refractivity contribution is -0.429. The van der Waals surface area contributed by atoms with Gasteiger partial charge in [-0.1, -0.05) is 66.8 Å². The summed E-state index contributed by atoms with van der Waals surface area (Å²) in [5.41, 5.74) is 8.39. The summed E-state index contributed by atoms with van der Waals surface area (Å²) in [7, 11) is 3.90. The minimum absolute atomic E-state index is 0.584. The first kappa shape index (κ1) is 37.7. The molecule has 0 bridgehead atoms. The van der Waals surface area contributed by atoms with Crippen molar-refractivity contribution in [1.82, 2.24) is 19.1 Å². The standard InChI is InChI=1S/C56H36N8O4/c1-59-23-25-61(33-59)35-27-43-39-11-3-5-13-47(39)67-55(43)49(29-35)65-37-17-19-41-45(31-37)63(51-15-7-9-21-57-51)54-42-20-18-38(32-46(42)64(53(41)54)52-16-8-10-22-58-52)66-50-30-36(62-26-24-60(2)34-62)28-44-40-12-4-6-14-48(40)68-56(44)50/h3-32H,1-2H3/q+4. The maximum Gasteiger partial charge on any atom is 0.495 e. The maximum absolute atomic E-state index is 6.91. The Hall–Kier alpha value is -9.60. The molecule has 0 N–H and O–H groups in total. The van der Waals surface area contributed by atoms with E-state index in [0.29, 0.717) is 34.2 Å². The highest BCUT2D eigenvalue weighted by atomic mass is 16.5. The summed E-state index contributed by atoms with van der Waals surface area (Å²) in [6, 6.07) is 55.3. The van der Waals surface area contributed by atoms with Crippen LogP contribution in [-0.2, 0) is 0 Å². The Morgan fingerprint density at radius 3 is 1.34 bits per heavy atom. The zero-order valence-electron chi connectivity index (χ0n) is 36.5. The predicted octanol–water partition coefficient (Wildman–Crippen LogP) is 12.8. The number of ether oxygens (including phenoxy) is 2. The predicted molar refractivity (Wildman–Crippen MR) is 261 cm³/mol. The molecule has 0 fully saturated rings. The lowest BCUT2D eigenvalue weighted by Gasteiger charge is -2.11. The van der Waals surface area contributed by atoms with Crippen molar-refractivity contribution in [3.63, 3.8) is 0 Å². The molecule has 12 aromatic rings. The number of fused-ring (bicyclic) bond motifs is 11. The molecular weight excluding hydrogens is 849 g/mol. The molecule has 68 heavy (non-hydrogen) atoms. The molecule has 0 amide bonds. The van der Waals surface area contributed by atoms with Gasteiger partial charge in [0.15, 0.2) is 36.8 Å². The first-order chi connectivity index (χ1) is 33.5. The Morgan fingerprint density at radius 2 is 0.912 bits per heavy atom. The van der Waals surface area contributed by atoms with Crippen molar-refractivity contribution >= 4 is 100 Å². The van der Waals surface area contributed by atoms with Gasteiger partial charge in [0.1, 0.15) is 34.3 Å². The number of hydrogen-bond donors (Lipinski definition) is 0. The van der Waals surface area contributed by atoms with Crippen LogP contribution < -0.4 is 9.47 Å². The van der Waals surface area contributed by atoms with E-state index < -0.39 is 0 Å². The average Bonchev–Trinajstić information content (AvgIpc) is 4.24. The summed E-state index contributed by atoms with van der Waals surface area (Å²) in [6.07, 6.45) is 11.5. The van der Waals surface area contributed by atoms with Crippen LogP contribution in [0, 0.1) is 0 Å². The molecule has 6 aromatic carbocycles. The van der Waals surface area contributed by atoms with Crippen LogP contribution >= 0.6 is 0 Å². The first-order valence-electron chi connectivity index (χ1n) is 22.1. The summed E-state index contributed by atoms with van der Waals surface area (Å²) < 4.78 is 38.9. The number of benzene rings is 6. The highest BCUT2D eigenvalue weighted by molar-refractivity contribution is 6.20. The molecule has 0 radical (unpaired) electrons. The fourth-order valence-corrected chi connectivity index (χ4v) is 9.66. The normalized spacial score (nSPS) is 13.5. The van der Waals surface area contributed by atoms with Gasteiger partial charge in [-0.25, -0.2) is 9.97 Å². The van der Waals surface area contributed by atoms with Crippen molar-refractivity contribution in [2.45, 2.75) is 0 Å². The largest absolute Gasteiger partial charge is 0.495 e. The highest BCUT2D eigenvalue weighted by Gasteiger charge is 2.28. The number of aromatic nitrogens is 4. The van der Waals surface area contributed by atoms with Crippen LogP contribution in [0.25, 0.3) is 88.4 Å². The summed E-state index contributed by atoms with van der Waals surface area (Å²) in [5, 5.41) is 5.86. The average molecular weight is 885 g/mol. The van der Waals surface area contributed by atoms with E-state index in [2.05, 4.69) is 69.7 Å². The van der Waals surface area contributed by atoms with Crippen molar-refractivity contribution in [2.75, 3.05) is 14.1 Å². The van der Waals surface area contributed by atoms with Crippen molar-refractivity contribution in [1.29, 1.82) is 0 Å². The molecule has 0 atom stereocenters. The van der Waals surface area contributed by atoms with Gasteiger partial charge in [0.2, 0.25) is 23.8 Å². The Bertz CT molecular complexity index is 4080. The van der Waals surface area contributed by atoms with Crippen LogP contribution in [0.4, 0.5) is 11.4 Å². The Balaban J connectivity index is 0.969. The van der Waals surface area contributed by atoms with Gasteiger partial charge in [0, 0.05) is 69.0 Å². The second kappa shape index (κ2) is 14.5. The number of rotatable bonds is 8. The Morgan fingerprint density at radius 1 is 0.456 bits per heavy atom. The number of hydrogen-bond acceptors (Lipinski definition) is 6. The summed E-state index contributed by atoms with van der Waals surface area (Å²) in [4.78, 5) is 9.85. The highest BCUT2D eigenvalue weighted by Crippen LogP contribution is 2.46. The van der Waals surface area contributed by atoms with Gasteiger partial charge in [-0.3, -0.25) is 9.13 Å². The molecular formula is C56H36N8O4+4. The van der Waals surface area contributed by atoms with E-state index >= 15 is 0 Å². The fraction of sp³-hybridized carbons (Fsp3) is 0.0357. The van der Waals surface area contributed by atoms with Crippen molar-refractivity contribution < 1.29 is 36.6 Å². The summed E-state index contributed by atoms with van der Waals surface area (Å²) in [6.45, 7) is 0. The van der Waals surface area contributed by atoms with Crippen LogP contribution in [0.5, 0.6) is 23.0 Å². The van der Waals surface area contributed by atoms with E-state index in [1.165, 1.54) is 0 Å². The zero-order chi connectivity index (χ0) is 45.0. The van der Waals surface area contributed by atoms with Crippen molar-refractivity contribution in [2.24, 2.45) is 0 Å². The molecule has 0 unspecified atom stereocenters. The number of pyridine rings is 2. The molecule has 0 spiro atoms. The molecule has 2 aliphatic rings. The molecule has 2 aliphatic heterocycles. The minimum atomic E-state index is 0.584. The molecule has 12 heteroatoms. The SMILES string of the molecule is C[N+]1=C=[N+](c2cc(Oc3ccc4c(c3)n(-c3ccccn3)c3c5ccc(Oc6cc([N+]7=C=[N+](C)C=C7)cc7c6oc6ccccc67)cc5n(-c5ccccn5)c43)c3oc4ccccc4c3c2)C=C1. The van der Waals surface area contributed by atoms with Gasteiger partial charge in [-0.2, -0.15) is 0 Å². The molecule has 8 heterocycles. The van der Waals surface area contributed by atoms with E-state index in [4.69, 9.17) is 28.3 Å². The van der Waals surface area contributed by atoms with Crippen LogP contribution in [0.3, 0.4) is 0 Å². The zero-order valence-corrected chi connectivity index (χ0v) is 36.5. The topological polar surface area (TPSA) is 92.4 Å². The second-order valence-corrected chi connectivity index (χ2v) is 16.9. The third-order valence-corrected chi connectivity index (χ3v) is 12.6. The van der Waals surface area contributed by atoms with E-state index in [0.717, 1.165) is 88.6 Å². The fourth-order valence-electron chi connectivity index (χ4n) is 9.66. The van der Waals surface area contributed by atoms with Gasteiger partial charge in [-0.15, -0.1) is 0 Å². The molecule has 0 saturated carbocycles. The lowest BCUT2D eigenvalue weighted by atomic mass is 10.1. The first-order valence-corrected chi connectivity index (χ1v) is 22.1. The summed E-state index contributed by atoms with van der Waals surface area (Å²) >= 11 is 0. The Kier molecular flexibility index (Phi) is 8.02. The van der Waals surface area contributed by atoms with Crippen molar-refractivity contribution in [3.8, 4) is 34.6 Å². The smallest absolute Gasteiger partial charge is 0.453 e. The van der Waals surface area contributed by atoms with Crippen molar-refractivity contribution in [3.05, 3.63) is 183 Å². The third kappa shape index (κ3) is 5.82. The molecule has 0 aliphatic carbocycles. The van der Waals surface area contributed by atoms with E-state index in [9.17, 15) is 0 Å². The van der Waals surface area contributed by atoms with Crippen LogP contribution in [0.1, 0.15) is 0 Å².